The number of amides is 2. The van der Waals surface area contributed by atoms with Crippen LogP contribution in [0, 0.1) is 5.82 Å². The molecule has 2 aromatic rings. The standard InChI is InChI=1S/C21H21FN2O3/c22-18-11-5-4-9-16(18)13-19(21(26)23-14-17-10-6-12-27-17)24-20(25)15-7-2-1-3-8-15/h1-5,7-9,11,13,17H,6,10,12,14H2,(H,23,26)(H,24,25)/t17-/m0/s1. The highest BCUT2D eigenvalue weighted by molar-refractivity contribution is 6.05. The van der Waals surface area contributed by atoms with Gasteiger partial charge < -0.3 is 15.4 Å². The third-order valence-electron chi connectivity index (χ3n) is 4.25. The van der Waals surface area contributed by atoms with Crippen molar-refractivity contribution < 1.29 is 18.7 Å². The molecule has 27 heavy (non-hydrogen) atoms. The van der Waals surface area contributed by atoms with Gasteiger partial charge in [-0.25, -0.2) is 4.39 Å². The lowest BCUT2D eigenvalue weighted by atomic mass is 10.1. The van der Waals surface area contributed by atoms with E-state index >= 15 is 0 Å². The lowest BCUT2D eigenvalue weighted by Gasteiger charge is -2.14. The first-order valence-electron chi connectivity index (χ1n) is 8.86. The summed E-state index contributed by atoms with van der Waals surface area (Å²) in [5.41, 5.74) is 0.601. The molecule has 140 valence electrons. The van der Waals surface area contributed by atoms with Crippen LogP contribution in [-0.4, -0.2) is 31.1 Å². The molecule has 0 saturated carbocycles. The second-order valence-electron chi connectivity index (χ2n) is 6.24. The van der Waals surface area contributed by atoms with Crippen LogP contribution in [0.3, 0.4) is 0 Å². The number of halogens is 1. The van der Waals surface area contributed by atoms with Crippen molar-refractivity contribution in [2.24, 2.45) is 0 Å². The maximum atomic E-state index is 14.0. The lowest BCUT2D eigenvalue weighted by Crippen LogP contribution is -2.38. The second kappa shape index (κ2) is 9.09. The molecule has 0 aliphatic carbocycles. The van der Waals surface area contributed by atoms with Crippen molar-refractivity contribution in [2.45, 2.75) is 18.9 Å². The van der Waals surface area contributed by atoms with E-state index in [0.717, 1.165) is 12.8 Å². The van der Waals surface area contributed by atoms with E-state index in [2.05, 4.69) is 10.6 Å². The van der Waals surface area contributed by atoms with Crippen LogP contribution in [0.1, 0.15) is 28.8 Å². The zero-order valence-electron chi connectivity index (χ0n) is 14.8. The Morgan fingerprint density at radius 1 is 1.11 bits per heavy atom. The van der Waals surface area contributed by atoms with Crippen LogP contribution in [0.15, 0.2) is 60.3 Å². The average Bonchev–Trinajstić information content (AvgIpc) is 3.21. The maximum absolute atomic E-state index is 14.0. The fraction of sp³-hybridized carbons (Fsp3) is 0.238. The van der Waals surface area contributed by atoms with E-state index in [-0.39, 0.29) is 17.4 Å². The molecule has 0 bridgehead atoms. The third kappa shape index (κ3) is 5.24. The molecular weight excluding hydrogens is 347 g/mol. The Labute approximate surface area is 157 Å². The summed E-state index contributed by atoms with van der Waals surface area (Å²) in [5, 5.41) is 5.34. The van der Waals surface area contributed by atoms with Gasteiger partial charge >= 0.3 is 0 Å². The fourth-order valence-electron chi connectivity index (χ4n) is 2.80. The molecule has 1 fully saturated rings. The number of ether oxygens (including phenoxy) is 1. The van der Waals surface area contributed by atoms with Crippen LogP contribution >= 0.6 is 0 Å². The third-order valence-corrected chi connectivity index (χ3v) is 4.25. The first kappa shape index (κ1) is 18.8. The van der Waals surface area contributed by atoms with Crippen LogP contribution in [0.4, 0.5) is 4.39 Å². The highest BCUT2D eigenvalue weighted by Crippen LogP contribution is 2.13. The van der Waals surface area contributed by atoms with Crippen molar-refractivity contribution in [2.75, 3.05) is 13.2 Å². The molecule has 1 atom stereocenters. The van der Waals surface area contributed by atoms with E-state index in [1.807, 2.05) is 0 Å². The summed E-state index contributed by atoms with van der Waals surface area (Å²) in [5.74, 6) is -1.40. The minimum atomic E-state index is -0.488. The van der Waals surface area contributed by atoms with Crippen molar-refractivity contribution in [3.05, 3.63) is 77.2 Å². The molecule has 2 amide bonds. The molecule has 1 heterocycles. The maximum Gasteiger partial charge on any atom is 0.267 e. The summed E-state index contributed by atoms with van der Waals surface area (Å²) in [7, 11) is 0. The summed E-state index contributed by atoms with van der Waals surface area (Å²) in [6, 6.07) is 14.6. The summed E-state index contributed by atoms with van der Waals surface area (Å²) in [6.45, 7) is 1.03. The first-order valence-corrected chi connectivity index (χ1v) is 8.86. The van der Waals surface area contributed by atoms with Crippen LogP contribution < -0.4 is 10.6 Å². The van der Waals surface area contributed by atoms with Crippen LogP contribution in [0.2, 0.25) is 0 Å². The molecule has 2 N–H and O–H groups in total. The zero-order valence-corrected chi connectivity index (χ0v) is 14.8. The summed E-state index contributed by atoms with van der Waals surface area (Å²) >= 11 is 0. The highest BCUT2D eigenvalue weighted by Gasteiger charge is 2.19. The molecule has 1 aliphatic rings. The van der Waals surface area contributed by atoms with E-state index < -0.39 is 17.6 Å². The number of carbonyl (C=O) groups is 2. The van der Waals surface area contributed by atoms with Gasteiger partial charge in [0, 0.05) is 24.3 Å². The Kier molecular flexibility index (Phi) is 6.33. The fourth-order valence-corrected chi connectivity index (χ4v) is 2.80. The van der Waals surface area contributed by atoms with Crippen molar-refractivity contribution in [1.82, 2.24) is 10.6 Å². The van der Waals surface area contributed by atoms with Gasteiger partial charge in [0.05, 0.1) is 6.10 Å². The quantitative estimate of drug-likeness (QED) is 0.771. The van der Waals surface area contributed by atoms with E-state index in [0.29, 0.717) is 18.7 Å². The Balaban J connectivity index is 1.78. The molecule has 0 unspecified atom stereocenters. The van der Waals surface area contributed by atoms with Crippen LogP contribution in [0.25, 0.3) is 6.08 Å². The molecule has 3 rings (SSSR count). The van der Waals surface area contributed by atoms with Gasteiger partial charge in [0.15, 0.2) is 0 Å². The normalized spacial score (nSPS) is 16.8. The van der Waals surface area contributed by atoms with Gasteiger partial charge in [0.1, 0.15) is 11.5 Å². The van der Waals surface area contributed by atoms with Crippen molar-refractivity contribution in [1.29, 1.82) is 0 Å². The summed E-state index contributed by atoms with van der Waals surface area (Å²) < 4.78 is 19.5. The minimum absolute atomic E-state index is 0.0213. The van der Waals surface area contributed by atoms with Crippen LogP contribution in [0.5, 0.6) is 0 Å². The van der Waals surface area contributed by atoms with E-state index in [4.69, 9.17) is 4.74 Å². The Bertz CT molecular complexity index is 830. The van der Waals surface area contributed by atoms with Gasteiger partial charge in [0.25, 0.3) is 11.8 Å². The minimum Gasteiger partial charge on any atom is -0.376 e. The van der Waals surface area contributed by atoms with Gasteiger partial charge in [-0.3, -0.25) is 9.59 Å². The summed E-state index contributed by atoms with van der Waals surface area (Å²) in [4.78, 5) is 25.1. The molecule has 5 nitrogen and oxygen atoms in total. The monoisotopic (exact) mass is 368 g/mol. The average molecular weight is 368 g/mol. The topological polar surface area (TPSA) is 67.4 Å². The first-order chi connectivity index (χ1) is 13.1. The van der Waals surface area contributed by atoms with E-state index in [1.54, 1.807) is 42.5 Å². The molecule has 0 aromatic heterocycles. The Hall–Kier alpha value is -2.99. The number of rotatable bonds is 6. The number of carbonyl (C=O) groups excluding carboxylic acids is 2. The van der Waals surface area contributed by atoms with E-state index in [1.165, 1.54) is 18.2 Å². The number of benzene rings is 2. The molecule has 1 aliphatic heterocycles. The molecule has 1 saturated heterocycles. The predicted molar refractivity (Wildman–Crippen MR) is 100 cm³/mol. The Morgan fingerprint density at radius 2 is 1.85 bits per heavy atom. The molecule has 0 spiro atoms. The lowest BCUT2D eigenvalue weighted by molar-refractivity contribution is -0.118. The SMILES string of the molecule is O=C(NC[C@@H]1CCCO1)C(=Cc1ccccc1F)NC(=O)c1ccccc1. The molecule has 6 heteroatoms. The van der Waals surface area contributed by atoms with E-state index in [9.17, 15) is 14.0 Å². The number of nitrogens with one attached hydrogen (secondary N) is 2. The predicted octanol–water partition coefficient (Wildman–Crippen LogP) is 2.89. The van der Waals surface area contributed by atoms with Gasteiger partial charge in [-0.15, -0.1) is 0 Å². The van der Waals surface area contributed by atoms with Gasteiger partial charge in [0.2, 0.25) is 0 Å². The Morgan fingerprint density at radius 3 is 2.56 bits per heavy atom. The molecule has 0 radical (unpaired) electrons. The summed E-state index contributed by atoms with van der Waals surface area (Å²) in [6.07, 6.45) is 3.14. The number of hydrogen-bond acceptors (Lipinski definition) is 3. The number of hydrogen-bond donors (Lipinski definition) is 2. The van der Waals surface area contributed by atoms with Crippen molar-refractivity contribution >= 4 is 17.9 Å². The molecule has 2 aromatic carbocycles. The molecular formula is C21H21FN2O3. The second-order valence-corrected chi connectivity index (χ2v) is 6.24. The largest absolute Gasteiger partial charge is 0.376 e. The highest BCUT2D eigenvalue weighted by atomic mass is 19.1. The van der Waals surface area contributed by atoms with Crippen LogP contribution in [-0.2, 0) is 9.53 Å². The van der Waals surface area contributed by atoms with Crippen molar-refractivity contribution in [3.8, 4) is 0 Å². The zero-order chi connectivity index (χ0) is 19.1. The van der Waals surface area contributed by atoms with Crippen molar-refractivity contribution in [3.63, 3.8) is 0 Å². The van der Waals surface area contributed by atoms with Gasteiger partial charge in [-0.05, 0) is 37.1 Å². The smallest absolute Gasteiger partial charge is 0.267 e. The van der Waals surface area contributed by atoms with Gasteiger partial charge in [-0.1, -0.05) is 36.4 Å². The van der Waals surface area contributed by atoms with Gasteiger partial charge in [-0.2, -0.15) is 0 Å².